The summed E-state index contributed by atoms with van der Waals surface area (Å²) in [4.78, 5) is 37.5. The van der Waals surface area contributed by atoms with Crippen molar-refractivity contribution in [3.05, 3.63) is 88.5 Å². The number of nitro benzene ring substituents is 1. The summed E-state index contributed by atoms with van der Waals surface area (Å²) in [5.74, 6) is -0.643. The lowest BCUT2D eigenvalue weighted by Gasteiger charge is -2.24. The predicted molar refractivity (Wildman–Crippen MR) is 135 cm³/mol. The van der Waals surface area contributed by atoms with Crippen LogP contribution >= 0.6 is 0 Å². The van der Waals surface area contributed by atoms with Crippen LogP contribution in [0.3, 0.4) is 0 Å². The minimum atomic E-state index is -4.22. The number of carbonyl (C=O) groups excluding carboxylic acids is 2. The fraction of sp³-hybridized carbons (Fsp3) is 0.200. The Bertz CT molecular complexity index is 1430. The molecule has 10 nitrogen and oxygen atoms in total. The molecule has 3 aromatic rings. The van der Waals surface area contributed by atoms with Crippen molar-refractivity contribution in [2.75, 3.05) is 27.6 Å². The van der Waals surface area contributed by atoms with Crippen molar-refractivity contribution in [2.45, 2.75) is 24.7 Å². The van der Waals surface area contributed by atoms with Crippen molar-refractivity contribution < 1.29 is 22.9 Å². The number of hydrogen-bond donors (Lipinski definition) is 1. The zero-order valence-corrected chi connectivity index (χ0v) is 20.3. The predicted octanol–water partition coefficient (Wildman–Crippen LogP) is 3.86. The lowest BCUT2D eigenvalue weighted by Crippen LogP contribution is -2.38. The summed E-state index contributed by atoms with van der Waals surface area (Å²) >= 11 is 0. The molecule has 1 saturated heterocycles. The minimum Gasteiger partial charge on any atom is -0.324 e. The highest BCUT2D eigenvalue weighted by molar-refractivity contribution is 7.92. The largest absolute Gasteiger partial charge is 0.324 e. The molecular formula is C25H24N4O6S. The second-order valence-electron chi connectivity index (χ2n) is 8.30. The van der Waals surface area contributed by atoms with Gasteiger partial charge in [-0.1, -0.05) is 30.3 Å². The van der Waals surface area contributed by atoms with Gasteiger partial charge in [0.2, 0.25) is 11.8 Å². The zero-order chi connectivity index (χ0) is 25.9. The Kier molecular flexibility index (Phi) is 7.02. The number of amides is 2. The second-order valence-corrected chi connectivity index (χ2v) is 10.2. The molecule has 0 atom stereocenters. The Labute approximate surface area is 208 Å². The van der Waals surface area contributed by atoms with Gasteiger partial charge in [0, 0.05) is 36.5 Å². The first-order valence-corrected chi connectivity index (χ1v) is 12.6. The van der Waals surface area contributed by atoms with E-state index < -0.39 is 27.4 Å². The maximum Gasteiger partial charge on any atom is 0.271 e. The molecule has 1 heterocycles. The number of sulfonamides is 1. The van der Waals surface area contributed by atoms with E-state index in [1.807, 2.05) is 6.92 Å². The van der Waals surface area contributed by atoms with Crippen LogP contribution in [0, 0.1) is 17.0 Å². The van der Waals surface area contributed by atoms with Gasteiger partial charge in [-0.05, 0) is 49.2 Å². The number of nitrogens with zero attached hydrogens (tertiary/aromatic N) is 3. The Balaban J connectivity index is 1.64. The Morgan fingerprint density at radius 1 is 1.08 bits per heavy atom. The molecule has 11 heteroatoms. The van der Waals surface area contributed by atoms with E-state index in [0.29, 0.717) is 24.3 Å². The van der Waals surface area contributed by atoms with Gasteiger partial charge >= 0.3 is 0 Å². The Morgan fingerprint density at radius 3 is 2.50 bits per heavy atom. The van der Waals surface area contributed by atoms with Crippen molar-refractivity contribution in [3.8, 4) is 0 Å². The van der Waals surface area contributed by atoms with Crippen LogP contribution in [0.2, 0.25) is 0 Å². The molecule has 36 heavy (non-hydrogen) atoms. The summed E-state index contributed by atoms with van der Waals surface area (Å²) in [5, 5.41) is 14.0. The summed E-state index contributed by atoms with van der Waals surface area (Å²) in [6.45, 7) is 1.83. The minimum absolute atomic E-state index is 0.00683. The molecule has 186 valence electrons. The van der Waals surface area contributed by atoms with E-state index >= 15 is 0 Å². The summed E-state index contributed by atoms with van der Waals surface area (Å²) in [7, 11) is -4.22. The average Bonchev–Trinajstić information content (AvgIpc) is 3.29. The Hall–Kier alpha value is -4.25. The molecule has 0 aromatic heterocycles. The number of carbonyl (C=O) groups is 2. The van der Waals surface area contributed by atoms with E-state index in [2.05, 4.69) is 5.32 Å². The number of benzene rings is 3. The number of hydrogen-bond acceptors (Lipinski definition) is 6. The van der Waals surface area contributed by atoms with Crippen LogP contribution < -0.4 is 14.5 Å². The summed E-state index contributed by atoms with van der Waals surface area (Å²) in [6.07, 6.45) is 1.22. The van der Waals surface area contributed by atoms with Crippen molar-refractivity contribution in [1.29, 1.82) is 0 Å². The number of aryl methyl sites for hydroxylation is 1. The highest BCUT2D eigenvalue weighted by atomic mass is 32.2. The van der Waals surface area contributed by atoms with Crippen molar-refractivity contribution >= 4 is 44.6 Å². The molecule has 1 fully saturated rings. The lowest BCUT2D eigenvalue weighted by atomic mass is 10.1. The molecule has 0 unspecified atom stereocenters. The molecule has 0 spiro atoms. The molecule has 0 aliphatic carbocycles. The third-order valence-corrected chi connectivity index (χ3v) is 7.59. The maximum absolute atomic E-state index is 13.4. The van der Waals surface area contributed by atoms with E-state index in [-0.39, 0.29) is 22.2 Å². The highest BCUT2D eigenvalue weighted by Crippen LogP contribution is 2.29. The van der Waals surface area contributed by atoms with E-state index in [0.717, 1.165) is 22.4 Å². The fourth-order valence-electron chi connectivity index (χ4n) is 4.01. The van der Waals surface area contributed by atoms with Crippen LogP contribution in [-0.4, -0.2) is 38.2 Å². The third kappa shape index (κ3) is 5.20. The topological polar surface area (TPSA) is 130 Å². The summed E-state index contributed by atoms with van der Waals surface area (Å²) < 4.78 is 27.7. The normalized spacial score (nSPS) is 13.5. The number of rotatable bonds is 8. The molecule has 1 aliphatic heterocycles. The van der Waals surface area contributed by atoms with Crippen molar-refractivity contribution in [3.63, 3.8) is 0 Å². The average molecular weight is 509 g/mol. The fourth-order valence-corrected chi connectivity index (χ4v) is 5.44. The number of anilines is 3. The second kappa shape index (κ2) is 10.2. The lowest BCUT2D eigenvalue weighted by molar-refractivity contribution is -0.384. The van der Waals surface area contributed by atoms with Crippen LogP contribution in [-0.2, 0) is 19.6 Å². The first kappa shape index (κ1) is 24.9. The van der Waals surface area contributed by atoms with Crippen molar-refractivity contribution in [2.24, 2.45) is 0 Å². The van der Waals surface area contributed by atoms with Crippen LogP contribution in [0.5, 0.6) is 0 Å². The van der Waals surface area contributed by atoms with E-state index in [1.165, 1.54) is 30.3 Å². The number of nitrogens with one attached hydrogen (secondary N) is 1. The van der Waals surface area contributed by atoms with Gasteiger partial charge in [0.15, 0.2) is 0 Å². The van der Waals surface area contributed by atoms with Gasteiger partial charge in [-0.25, -0.2) is 8.42 Å². The molecular weight excluding hydrogens is 484 g/mol. The smallest absolute Gasteiger partial charge is 0.271 e. The first-order chi connectivity index (χ1) is 17.2. The van der Waals surface area contributed by atoms with Gasteiger partial charge < -0.3 is 10.2 Å². The molecule has 1 N–H and O–H groups in total. The third-order valence-electron chi connectivity index (χ3n) is 5.80. The number of non-ortho nitro benzene ring substituents is 1. The first-order valence-electron chi connectivity index (χ1n) is 11.2. The molecule has 4 rings (SSSR count). The van der Waals surface area contributed by atoms with Gasteiger partial charge in [-0.3, -0.25) is 24.0 Å². The van der Waals surface area contributed by atoms with Crippen LogP contribution in [0.25, 0.3) is 0 Å². The Morgan fingerprint density at radius 2 is 1.83 bits per heavy atom. The van der Waals surface area contributed by atoms with Crippen LogP contribution in [0.4, 0.5) is 22.7 Å². The van der Waals surface area contributed by atoms with Gasteiger partial charge in [0.25, 0.3) is 15.7 Å². The highest BCUT2D eigenvalue weighted by Gasteiger charge is 2.29. The monoisotopic (exact) mass is 508 g/mol. The molecule has 0 saturated carbocycles. The quantitative estimate of drug-likeness (QED) is 0.363. The van der Waals surface area contributed by atoms with Crippen LogP contribution in [0.15, 0.2) is 77.7 Å². The molecule has 0 bridgehead atoms. The number of nitro groups is 1. The van der Waals surface area contributed by atoms with Crippen molar-refractivity contribution in [1.82, 2.24) is 0 Å². The van der Waals surface area contributed by atoms with E-state index in [1.54, 1.807) is 41.3 Å². The SMILES string of the molecule is Cc1ccc(NC(=O)CN(c2cccc([N+](=O)[O-])c2)S(=O)(=O)c2ccccc2)cc1N1CCCC1=O. The molecule has 3 aromatic carbocycles. The van der Waals surface area contributed by atoms with Gasteiger partial charge in [0.1, 0.15) is 6.54 Å². The molecule has 2 amide bonds. The molecule has 1 aliphatic rings. The molecule has 0 radical (unpaired) electrons. The van der Waals surface area contributed by atoms with Gasteiger partial charge in [-0.2, -0.15) is 0 Å². The van der Waals surface area contributed by atoms with E-state index in [4.69, 9.17) is 0 Å². The van der Waals surface area contributed by atoms with Gasteiger partial charge in [-0.15, -0.1) is 0 Å². The van der Waals surface area contributed by atoms with Crippen LogP contribution in [0.1, 0.15) is 18.4 Å². The summed E-state index contributed by atoms with van der Waals surface area (Å²) in [5.41, 5.74) is 1.63. The van der Waals surface area contributed by atoms with Gasteiger partial charge in [0.05, 0.1) is 15.5 Å². The maximum atomic E-state index is 13.4. The van der Waals surface area contributed by atoms with E-state index in [9.17, 15) is 28.1 Å². The summed E-state index contributed by atoms with van der Waals surface area (Å²) in [6, 6.07) is 17.7. The standard InChI is InChI=1S/C25H24N4O6S/c1-18-12-13-19(15-23(18)27-14-6-11-25(27)31)26-24(30)17-28(20-7-5-8-21(16-20)29(32)33)36(34,35)22-9-3-2-4-10-22/h2-5,7-10,12-13,15-16H,6,11,14,17H2,1H3,(H,26,30). The zero-order valence-electron chi connectivity index (χ0n) is 19.5.